The lowest BCUT2D eigenvalue weighted by Crippen LogP contribution is -2.37. The van der Waals surface area contributed by atoms with Crippen molar-refractivity contribution in [3.63, 3.8) is 0 Å². The standard InChI is InChI=1S/C35H40FN7O3/c1-39-10-5-11-41(13-12-39)25-8-9-33(37-19-25)38-29-16-23(20-40(2)35(29)46)27-17-24(36)18-31(28(27)22-44)42-14-15-43-30-7-4-3-6-26(30)34(45)32(43)21-42/h8-9,16-21,44H,3-7,10-15,22H2,1-2H3,(H,37,38). The quantitative estimate of drug-likeness (QED) is 0.415. The Balaban J connectivity index is 1.18. The second-order valence-corrected chi connectivity index (χ2v) is 12.7. The molecule has 5 heterocycles. The van der Waals surface area contributed by atoms with Crippen LogP contribution in [0.3, 0.4) is 0 Å². The zero-order valence-electron chi connectivity index (χ0n) is 26.4. The van der Waals surface area contributed by atoms with Crippen LogP contribution >= 0.6 is 0 Å². The number of nitrogens with zero attached hydrogens (tertiary/aromatic N) is 6. The molecule has 1 fully saturated rings. The molecule has 10 nitrogen and oxygen atoms in total. The monoisotopic (exact) mass is 625 g/mol. The Morgan fingerprint density at radius 3 is 2.61 bits per heavy atom. The second-order valence-electron chi connectivity index (χ2n) is 12.7. The number of aromatic nitrogens is 2. The molecule has 2 aromatic heterocycles. The number of hydrogen-bond donors (Lipinski definition) is 2. The number of carbonyl (C=O) groups excluding carboxylic acids is 1. The van der Waals surface area contributed by atoms with E-state index in [-0.39, 0.29) is 23.6 Å². The molecule has 3 aromatic rings. The number of rotatable bonds is 6. The predicted molar refractivity (Wildman–Crippen MR) is 177 cm³/mol. The van der Waals surface area contributed by atoms with Crippen molar-refractivity contribution < 1.29 is 14.3 Å². The Hall–Kier alpha value is -4.48. The summed E-state index contributed by atoms with van der Waals surface area (Å²) in [6, 6.07) is 8.33. The first kappa shape index (κ1) is 30.2. The van der Waals surface area contributed by atoms with Crippen molar-refractivity contribution in [2.45, 2.75) is 38.7 Å². The number of Topliss-reactive ketones (excluding diaryl/α,β-unsaturated/α-hetero) is 1. The number of ketones is 1. The summed E-state index contributed by atoms with van der Waals surface area (Å²) in [4.78, 5) is 39.7. The third-order valence-electron chi connectivity index (χ3n) is 9.65. The molecule has 0 atom stereocenters. The average Bonchev–Trinajstić information content (AvgIpc) is 3.18. The van der Waals surface area contributed by atoms with Crippen LogP contribution in [-0.4, -0.2) is 76.6 Å². The number of benzene rings is 1. The molecule has 7 rings (SSSR count). The Bertz CT molecular complexity index is 1800. The first-order valence-corrected chi connectivity index (χ1v) is 16.1. The number of aliphatic hydroxyl groups excluding tert-OH is 1. The molecule has 0 spiro atoms. The molecule has 0 amide bonds. The predicted octanol–water partition coefficient (Wildman–Crippen LogP) is 4.34. The maximum Gasteiger partial charge on any atom is 0.274 e. The summed E-state index contributed by atoms with van der Waals surface area (Å²) >= 11 is 0. The van der Waals surface area contributed by atoms with E-state index in [1.54, 1.807) is 25.5 Å². The van der Waals surface area contributed by atoms with Crippen LogP contribution in [0.5, 0.6) is 0 Å². The highest BCUT2D eigenvalue weighted by atomic mass is 19.1. The van der Waals surface area contributed by atoms with Gasteiger partial charge in [-0.3, -0.25) is 9.59 Å². The van der Waals surface area contributed by atoms with Crippen molar-refractivity contribution in [2.75, 3.05) is 61.4 Å². The van der Waals surface area contributed by atoms with Crippen LogP contribution in [0.15, 0.2) is 70.7 Å². The molecule has 240 valence electrons. The number of aryl methyl sites for hydroxylation is 1. The van der Waals surface area contributed by atoms with Crippen LogP contribution in [0.1, 0.15) is 37.7 Å². The van der Waals surface area contributed by atoms with E-state index in [9.17, 15) is 14.7 Å². The van der Waals surface area contributed by atoms with Crippen LogP contribution in [0, 0.1) is 5.82 Å². The average molecular weight is 626 g/mol. The van der Waals surface area contributed by atoms with Crippen molar-refractivity contribution in [1.29, 1.82) is 0 Å². The van der Waals surface area contributed by atoms with Crippen molar-refractivity contribution in [3.8, 4) is 11.1 Å². The molecule has 0 unspecified atom stereocenters. The third-order valence-corrected chi connectivity index (χ3v) is 9.65. The van der Waals surface area contributed by atoms with Gasteiger partial charge in [-0.1, -0.05) is 0 Å². The minimum absolute atomic E-state index is 0.0519. The SMILES string of the molecule is CN1CCCN(c2ccc(Nc3cc(-c4cc(F)cc(N5C=C6C(=O)C7=C(CCCC7)N6CC5)c4CO)cn(C)c3=O)nc2)CC1. The third kappa shape index (κ3) is 5.58. The van der Waals surface area contributed by atoms with Crippen LogP contribution in [-0.2, 0) is 18.4 Å². The number of hydrogen-bond acceptors (Lipinski definition) is 9. The summed E-state index contributed by atoms with van der Waals surface area (Å²) in [7, 11) is 3.78. The van der Waals surface area contributed by atoms with Gasteiger partial charge < -0.3 is 34.6 Å². The molecule has 3 aliphatic heterocycles. The lowest BCUT2D eigenvalue weighted by atomic mass is 9.96. The molecule has 1 aliphatic carbocycles. The number of likely N-dealkylation sites (N-methyl/N-ethyl adjacent to an activating group) is 1. The van der Waals surface area contributed by atoms with Crippen LogP contribution in [0.25, 0.3) is 11.1 Å². The molecule has 2 N–H and O–H groups in total. The molecule has 4 aliphatic rings. The molecular weight excluding hydrogens is 585 g/mol. The fourth-order valence-electron chi connectivity index (χ4n) is 7.19. The minimum atomic E-state index is -0.474. The van der Waals surface area contributed by atoms with Gasteiger partial charge in [0, 0.05) is 80.3 Å². The maximum atomic E-state index is 15.3. The van der Waals surface area contributed by atoms with E-state index in [0.29, 0.717) is 47.0 Å². The number of fused-ring (bicyclic) bond motifs is 2. The van der Waals surface area contributed by atoms with E-state index in [2.05, 4.69) is 32.0 Å². The van der Waals surface area contributed by atoms with Crippen LogP contribution in [0.2, 0.25) is 0 Å². The van der Waals surface area contributed by atoms with E-state index in [4.69, 9.17) is 0 Å². The Labute approximate surface area is 268 Å². The first-order valence-electron chi connectivity index (χ1n) is 16.1. The van der Waals surface area contributed by atoms with Gasteiger partial charge in [0.1, 0.15) is 23.0 Å². The lowest BCUT2D eigenvalue weighted by molar-refractivity contribution is -0.112. The highest BCUT2D eigenvalue weighted by Crippen LogP contribution is 2.41. The molecule has 0 radical (unpaired) electrons. The van der Waals surface area contributed by atoms with Gasteiger partial charge >= 0.3 is 0 Å². The van der Waals surface area contributed by atoms with Crippen molar-refractivity contribution in [2.24, 2.45) is 7.05 Å². The fourth-order valence-corrected chi connectivity index (χ4v) is 7.19. The van der Waals surface area contributed by atoms with E-state index in [1.165, 1.54) is 16.7 Å². The maximum absolute atomic E-state index is 15.3. The highest BCUT2D eigenvalue weighted by Gasteiger charge is 2.38. The molecule has 11 heteroatoms. The van der Waals surface area contributed by atoms with Crippen LogP contribution < -0.4 is 20.7 Å². The zero-order valence-corrected chi connectivity index (χ0v) is 26.4. The summed E-state index contributed by atoms with van der Waals surface area (Å²) in [6.45, 7) is 4.76. The number of anilines is 4. The summed E-state index contributed by atoms with van der Waals surface area (Å²) in [5.41, 5.74) is 5.78. The number of aliphatic hydroxyl groups is 1. The molecule has 1 aromatic carbocycles. The Morgan fingerprint density at radius 2 is 1.80 bits per heavy atom. The molecular formula is C35H40FN7O3. The van der Waals surface area contributed by atoms with Gasteiger partial charge in [0.05, 0.1) is 18.5 Å². The first-order chi connectivity index (χ1) is 22.3. The summed E-state index contributed by atoms with van der Waals surface area (Å²) in [6.07, 6.45) is 10.2. The number of carbonyl (C=O) groups is 1. The van der Waals surface area contributed by atoms with Gasteiger partial charge in [-0.05, 0) is 81.6 Å². The van der Waals surface area contributed by atoms with Gasteiger partial charge in [0.2, 0.25) is 5.78 Å². The summed E-state index contributed by atoms with van der Waals surface area (Å²) < 4.78 is 16.8. The fraction of sp³-hybridized carbons (Fsp3) is 0.400. The molecule has 0 bridgehead atoms. The molecule has 1 saturated heterocycles. The molecule has 46 heavy (non-hydrogen) atoms. The number of pyridine rings is 2. The van der Waals surface area contributed by atoms with Gasteiger partial charge in [0.15, 0.2) is 0 Å². The van der Waals surface area contributed by atoms with Crippen LogP contribution in [0.4, 0.5) is 27.3 Å². The van der Waals surface area contributed by atoms with Crippen molar-refractivity contribution in [3.05, 3.63) is 87.6 Å². The summed E-state index contributed by atoms with van der Waals surface area (Å²) in [5, 5.41) is 13.8. The minimum Gasteiger partial charge on any atom is -0.392 e. The smallest absolute Gasteiger partial charge is 0.274 e. The largest absolute Gasteiger partial charge is 0.392 e. The van der Waals surface area contributed by atoms with E-state index < -0.39 is 5.82 Å². The van der Waals surface area contributed by atoms with E-state index in [0.717, 1.165) is 75.2 Å². The van der Waals surface area contributed by atoms with Gasteiger partial charge in [0.25, 0.3) is 5.56 Å². The normalized spacial score (nSPS) is 18.8. The summed E-state index contributed by atoms with van der Waals surface area (Å²) in [5.74, 6) is 0.101. The Kier molecular flexibility index (Phi) is 8.12. The Morgan fingerprint density at radius 1 is 0.957 bits per heavy atom. The lowest BCUT2D eigenvalue weighted by Gasteiger charge is -2.35. The van der Waals surface area contributed by atoms with Crippen molar-refractivity contribution >= 4 is 28.7 Å². The van der Waals surface area contributed by atoms with Crippen molar-refractivity contribution in [1.82, 2.24) is 19.4 Å². The number of halogens is 1. The van der Waals surface area contributed by atoms with E-state index in [1.807, 2.05) is 23.2 Å². The topological polar surface area (TPSA) is 97.2 Å². The van der Waals surface area contributed by atoms with Gasteiger partial charge in [-0.2, -0.15) is 0 Å². The van der Waals surface area contributed by atoms with Gasteiger partial charge in [-0.15, -0.1) is 0 Å². The molecule has 0 saturated carbocycles. The number of nitrogens with one attached hydrogen (secondary N) is 1. The zero-order chi connectivity index (χ0) is 31.9. The van der Waals surface area contributed by atoms with E-state index >= 15 is 4.39 Å². The number of allylic oxidation sites excluding steroid dienone is 2. The second kappa shape index (κ2) is 12.4. The van der Waals surface area contributed by atoms with Gasteiger partial charge in [-0.25, -0.2) is 9.37 Å². The highest BCUT2D eigenvalue weighted by molar-refractivity contribution is 6.11.